The molecule has 0 aliphatic carbocycles. The van der Waals surface area contributed by atoms with Gasteiger partial charge in [-0.25, -0.2) is 9.97 Å². The fourth-order valence-corrected chi connectivity index (χ4v) is 7.06. The minimum Gasteiger partial charge on any atom is -0.418 e. The van der Waals surface area contributed by atoms with E-state index in [9.17, 15) is 69.1 Å². The van der Waals surface area contributed by atoms with Crippen LogP contribution in [0.4, 0.5) is 69.1 Å². The molecular weight excluding hydrogens is 1660 g/mol. The molecule has 0 radical (unpaired) electrons. The molecule has 0 amide bonds. The summed E-state index contributed by atoms with van der Waals surface area (Å²) in [6.07, 6.45) is 14.2. The molecule has 0 aliphatic rings. The molecule has 0 aliphatic heterocycles. The smallest absolute Gasteiger partial charge is 0.418 e. The van der Waals surface area contributed by atoms with Crippen molar-refractivity contribution in [2.24, 2.45) is 0 Å². The molecule has 452 valence electrons. The molecule has 0 fully saturated rings. The van der Waals surface area contributed by atoms with Crippen LogP contribution in [0.15, 0.2) is 235 Å². The number of nitrogens with zero attached hydrogens (tertiary/aromatic N) is 8. The Morgan fingerprint density at radius 3 is 0.709 bits per heavy atom. The number of pyridine rings is 8. The van der Waals surface area contributed by atoms with Gasteiger partial charge in [0.15, 0.2) is 0 Å². The van der Waals surface area contributed by atoms with Crippen LogP contribution in [0.25, 0.3) is 73.4 Å². The predicted molar refractivity (Wildman–Crippen MR) is 305 cm³/mol. The van der Waals surface area contributed by atoms with E-state index in [-0.39, 0.29) is 42.1 Å². The van der Waals surface area contributed by atoms with Crippen molar-refractivity contribution in [3.05, 3.63) is 246 Å². The Hall–Kier alpha value is -7.14. The number of halogens is 18. The molecule has 0 saturated heterocycles. The number of rotatable bonds is 8. The third kappa shape index (κ3) is 32.4. The average Bonchev–Trinajstić information content (AvgIpc) is 3.66. The number of benzene rings is 2. The molecule has 0 N–H and O–H groups in total. The van der Waals surface area contributed by atoms with E-state index in [0.717, 1.165) is 93.5 Å². The maximum absolute atomic E-state index is 9.75. The second-order valence-corrected chi connectivity index (χ2v) is 17.9. The van der Waals surface area contributed by atoms with E-state index >= 15 is 0 Å². The van der Waals surface area contributed by atoms with E-state index in [2.05, 4.69) is 117 Å². The molecule has 86 heavy (non-hydrogen) atoms. The second kappa shape index (κ2) is 36.8. The minimum atomic E-state index is -6.00. The monoisotopic (exact) mass is 1690 g/mol. The molecule has 0 unspecified atom stereocenters. The molecule has 8 aromatic heterocycles. The zero-order valence-electron chi connectivity index (χ0n) is 43.3. The van der Waals surface area contributed by atoms with Gasteiger partial charge >= 0.3 is 71.1 Å². The van der Waals surface area contributed by atoms with Gasteiger partial charge < -0.3 is 69.1 Å². The van der Waals surface area contributed by atoms with Crippen LogP contribution in [0.3, 0.4) is 0 Å². The van der Waals surface area contributed by atoms with Crippen molar-refractivity contribution in [3.63, 3.8) is 0 Å². The molecule has 0 bridgehead atoms. The molecule has 0 saturated carbocycles. The van der Waals surface area contributed by atoms with E-state index in [1.165, 1.54) is 0 Å². The number of hydrogen-bond donors (Lipinski definition) is 0. The molecule has 0 atom stereocenters. The zero-order chi connectivity index (χ0) is 61.9. The first-order chi connectivity index (χ1) is 39.5. The summed E-state index contributed by atoms with van der Waals surface area (Å²) in [5.74, 6) is 0. The average molecular weight is 1700 g/mol. The van der Waals surface area contributed by atoms with Gasteiger partial charge in [-0.1, -0.05) is 87.0 Å². The van der Waals surface area contributed by atoms with Gasteiger partial charge in [-0.15, -0.1) is 0 Å². The number of aromatic nitrogens is 8. The van der Waals surface area contributed by atoms with Crippen molar-refractivity contribution < 1.29 is 111 Å². The molecule has 2 aromatic carbocycles. The summed E-state index contributed by atoms with van der Waals surface area (Å²) in [6.45, 7) is 4.04. The van der Waals surface area contributed by atoms with Crippen molar-refractivity contribution >= 4 is 66.5 Å². The molecular formula is C54H38B4Br2F16N8Pt2. The molecule has 8 heterocycles. The Morgan fingerprint density at radius 2 is 0.512 bits per heavy atom. The van der Waals surface area contributed by atoms with Crippen molar-refractivity contribution in [2.75, 3.05) is 0 Å². The maximum Gasteiger partial charge on any atom is 2.00 e. The summed E-state index contributed by atoms with van der Waals surface area (Å²) >= 11 is 6.98. The van der Waals surface area contributed by atoms with Crippen molar-refractivity contribution in [1.29, 1.82) is 0 Å². The Labute approximate surface area is 527 Å². The third-order valence-electron chi connectivity index (χ3n) is 9.77. The molecule has 0 spiro atoms. The maximum atomic E-state index is 9.75. The van der Waals surface area contributed by atoms with E-state index < -0.39 is 29.0 Å². The van der Waals surface area contributed by atoms with Gasteiger partial charge in [0.2, 0.25) is 0 Å². The summed E-state index contributed by atoms with van der Waals surface area (Å²) in [4.78, 5) is 35.3. The largest absolute Gasteiger partial charge is 2.00 e. The van der Waals surface area contributed by atoms with Crippen LogP contribution < -0.4 is 0 Å². The van der Waals surface area contributed by atoms with Crippen molar-refractivity contribution in [2.45, 2.75) is 0 Å². The fraction of sp³-hybridized carbons (Fsp3) is 0. The Bertz CT molecular complexity index is 3140. The first-order valence-corrected chi connectivity index (χ1v) is 25.3. The van der Waals surface area contributed by atoms with E-state index in [4.69, 9.17) is 9.97 Å². The van der Waals surface area contributed by atoms with Gasteiger partial charge in [0.05, 0.1) is 45.6 Å². The van der Waals surface area contributed by atoms with Crippen LogP contribution in [0.5, 0.6) is 0 Å². The second-order valence-electron chi connectivity index (χ2n) is 16.1. The molecule has 10 aromatic rings. The van der Waals surface area contributed by atoms with Gasteiger partial charge in [0.25, 0.3) is 0 Å². The van der Waals surface area contributed by atoms with Crippen LogP contribution in [-0.4, -0.2) is 68.9 Å². The van der Waals surface area contributed by atoms with Crippen LogP contribution >= 0.6 is 31.9 Å². The standard InChI is InChI=1S/2C21H14BrN3.C12H10N2.4BF4.2Pt/c2*22-17-9-7-15(8-10-17)16-13-20(18-5-1-3-11-23-18)25-21(14-16)19-6-2-4-12-24-19;1-10(11-2-6-13-7-3-11)12-4-8-14-9-5-12;4*2-1(3,4)5;;/h2*1-14H;2-9H,1H2;;;;;;/q;;;4*-1;2*+2. The topological polar surface area (TPSA) is 103 Å². The summed E-state index contributed by atoms with van der Waals surface area (Å²) in [7, 11) is -24.0. The van der Waals surface area contributed by atoms with Gasteiger partial charge in [0.1, 0.15) is 0 Å². The van der Waals surface area contributed by atoms with Crippen LogP contribution in [-0.2, 0) is 42.1 Å². The third-order valence-corrected chi connectivity index (χ3v) is 10.8. The molecule has 8 nitrogen and oxygen atoms in total. The fourth-order valence-electron chi connectivity index (χ4n) is 6.53. The quantitative estimate of drug-likeness (QED) is 0.109. The predicted octanol–water partition coefficient (Wildman–Crippen LogP) is 19.0. The van der Waals surface area contributed by atoms with E-state index in [1.807, 2.05) is 121 Å². The van der Waals surface area contributed by atoms with Crippen LogP contribution in [0, 0.1) is 0 Å². The summed E-state index contributed by atoms with van der Waals surface area (Å²) in [5.41, 5.74) is 14.3. The van der Waals surface area contributed by atoms with Crippen LogP contribution in [0.2, 0.25) is 0 Å². The Morgan fingerprint density at radius 1 is 0.291 bits per heavy atom. The minimum absolute atomic E-state index is 0. The van der Waals surface area contributed by atoms with Gasteiger partial charge in [-0.3, -0.25) is 29.9 Å². The normalized spacial score (nSPS) is 10.5. The van der Waals surface area contributed by atoms with Crippen molar-refractivity contribution in [1.82, 2.24) is 39.9 Å². The van der Waals surface area contributed by atoms with Gasteiger partial charge in [-0.05, 0) is 160 Å². The van der Waals surface area contributed by atoms with E-state index in [1.54, 1.807) is 49.6 Å². The SMILES string of the molecule is Brc1ccc(-c2cc(-c3ccccn3)nc(-c3ccccn3)c2)cc1.Brc1ccc(-c2cc(-c3ccccn3)nc(-c3ccccn3)c2)cc1.C=C(c1ccncc1)c1ccncc1.F[B-](F)(F)F.F[B-](F)(F)F.F[B-](F)(F)F.F[B-](F)(F)F.[Pt+2].[Pt+2]. The zero-order valence-corrected chi connectivity index (χ0v) is 51.0. The summed E-state index contributed by atoms with van der Waals surface area (Å²) in [6, 6.07) is 55.9. The summed E-state index contributed by atoms with van der Waals surface area (Å²) in [5, 5.41) is 0. The van der Waals surface area contributed by atoms with Gasteiger partial charge in [-0.2, -0.15) is 0 Å². The van der Waals surface area contributed by atoms with E-state index in [0.29, 0.717) is 0 Å². The Balaban J connectivity index is 0.000000384. The number of hydrogen-bond acceptors (Lipinski definition) is 8. The first-order valence-electron chi connectivity index (χ1n) is 23.7. The van der Waals surface area contributed by atoms with Crippen LogP contribution in [0.1, 0.15) is 11.1 Å². The molecule has 10 rings (SSSR count). The van der Waals surface area contributed by atoms with Gasteiger partial charge in [0, 0.05) is 58.5 Å². The molecule has 32 heteroatoms. The van der Waals surface area contributed by atoms with Crippen molar-refractivity contribution in [3.8, 4) is 67.8 Å². The first kappa shape index (κ1) is 75.0. The summed E-state index contributed by atoms with van der Waals surface area (Å²) < 4.78 is 158. The Kier molecular flexibility index (Phi) is 32.0.